The van der Waals surface area contributed by atoms with Gasteiger partial charge in [-0.25, -0.2) is 4.21 Å². The van der Waals surface area contributed by atoms with Gasteiger partial charge >= 0.3 is 0 Å². The van der Waals surface area contributed by atoms with Crippen molar-refractivity contribution in [2.45, 2.75) is 30.2 Å². The second kappa shape index (κ2) is 11.3. The van der Waals surface area contributed by atoms with Crippen LogP contribution in [-0.2, 0) is 15.9 Å². The third-order valence-corrected chi connectivity index (χ3v) is 7.85. The highest BCUT2D eigenvalue weighted by Crippen LogP contribution is 2.48. The Kier molecular flexibility index (Phi) is 8.09. The molecule has 198 valence electrons. The summed E-state index contributed by atoms with van der Waals surface area (Å²) in [5.41, 5.74) is 1.71. The first-order chi connectivity index (χ1) is 17.9. The number of β-lactam (4-membered cyclic amide) rings is 1. The Bertz CT molecular complexity index is 1220. The average Bonchev–Trinajstić information content (AvgIpc) is 2.94. The van der Waals surface area contributed by atoms with Crippen LogP contribution in [0.3, 0.4) is 0 Å². The zero-order chi connectivity index (χ0) is 26.7. The van der Waals surface area contributed by atoms with Crippen LogP contribution in [-0.4, -0.2) is 56.9 Å². The Hall–Kier alpha value is -3.50. The number of benzene rings is 2. The van der Waals surface area contributed by atoms with E-state index in [1.54, 1.807) is 29.2 Å². The summed E-state index contributed by atoms with van der Waals surface area (Å²) in [5, 5.41) is 2.97. The summed E-state index contributed by atoms with van der Waals surface area (Å²) in [4.78, 5) is 14.5. The third-order valence-electron chi connectivity index (χ3n) is 6.62. The summed E-state index contributed by atoms with van der Waals surface area (Å²) in [6, 6.07) is 8.54. The van der Waals surface area contributed by atoms with Crippen molar-refractivity contribution >= 4 is 22.7 Å². The first kappa shape index (κ1) is 26.6. The monoisotopic (exact) mass is 528 g/mol. The van der Waals surface area contributed by atoms with E-state index in [4.69, 9.17) is 23.1 Å². The van der Waals surface area contributed by atoms with Crippen LogP contribution in [0, 0.1) is 0 Å². The minimum atomic E-state index is -1.61. The van der Waals surface area contributed by atoms with Gasteiger partial charge in [0.25, 0.3) is 5.91 Å². The van der Waals surface area contributed by atoms with E-state index in [9.17, 15) is 9.00 Å². The lowest BCUT2D eigenvalue weighted by atomic mass is 9.88. The van der Waals surface area contributed by atoms with Gasteiger partial charge in [0, 0.05) is 23.7 Å². The molecule has 9 nitrogen and oxygen atoms in total. The average molecular weight is 529 g/mol. The largest absolute Gasteiger partial charge is 0.493 e. The number of hydrogen-bond acceptors (Lipinski definition) is 8. The predicted octanol–water partition coefficient (Wildman–Crippen LogP) is 3.71. The van der Waals surface area contributed by atoms with Crippen molar-refractivity contribution in [3.8, 4) is 28.7 Å². The van der Waals surface area contributed by atoms with E-state index >= 15 is 0 Å². The summed E-state index contributed by atoms with van der Waals surface area (Å²) < 4.78 is 40.7. The zero-order valence-electron chi connectivity index (χ0n) is 21.6. The van der Waals surface area contributed by atoms with E-state index in [0.29, 0.717) is 40.0 Å². The van der Waals surface area contributed by atoms with Crippen LogP contribution in [0.25, 0.3) is 0 Å². The Morgan fingerprint density at radius 2 is 1.59 bits per heavy atom. The molecular weight excluding hydrogens is 496 g/mol. The number of nitrogens with one attached hydrogen (secondary N) is 1. The molecule has 1 aliphatic carbocycles. The first-order valence-corrected chi connectivity index (χ1v) is 12.9. The molecule has 0 aromatic heterocycles. The van der Waals surface area contributed by atoms with Crippen molar-refractivity contribution in [3.05, 3.63) is 60.2 Å². The number of anilines is 1. The molecular formula is C27H32N2O7S. The van der Waals surface area contributed by atoms with Gasteiger partial charge in [0.15, 0.2) is 23.0 Å². The number of amides is 1. The maximum Gasteiger partial charge on any atom is 0.256 e. The van der Waals surface area contributed by atoms with Gasteiger partial charge in [-0.3, -0.25) is 9.69 Å². The molecule has 0 saturated carbocycles. The van der Waals surface area contributed by atoms with Crippen molar-refractivity contribution in [1.82, 2.24) is 5.32 Å². The van der Waals surface area contributed by atoms with E-state index in [-0.39, 0.29) is 17.2 Å². The summed E-state index contributed by atoms with van der Waals surface area (Å²) in [6.07, 6.45) is 5.55. The molecule has 1 aliphatic heterocycles. The van der Waals surface area contributed by atoms with Crippen LogP contribution < -0.4 is 33.3 Å². The van der Waals surface area contributed by atoms with Gasteiger partial charge in [-0.15, -0.1) is 0 Å². The Balaban J connectivity index is 1.65. The fraction of sp³-hybridized carbons (Fsp3) is 0.370. The molecule has 37 heavy (non-hydrogen) atoms. The van der Waals surface area contributed by atoms with E-state index in [0.717, 1.165) is 18.4 Å². The standard InChI is InChI=1S/C27H32N2O7S/c1-16-25(29(27(16)30)19-14-23(33-4)26(35-6)24(15-19)34-5)17-7-12-21(32-3)22(13-17)36-37(31)20-10-8-18(28-2)9-11-20/h7-8,10,12-15,18,20,25,28H,1,9,11H2,2-6H3/t18?,20?,25-,37?/m1/s1. The normalized spacial score (nSPS) is 21.8. The molecule has 0 radical (unpaired) electrons. The van der Waals surface area contributed by atoms with Crippen molar-refractivity contribution in [2.24, 2.45) is 0 Å². The van der Waals surface area contributed by atoms with E-state index in [1.165, 1.54) is 28.4 Å². The van der Waals surface area contributed by atoms with Crippen molar-refractivity contribution in [2.75, 3.05) is 40.4 Å². The molecule has 2 aromatic rings. The fourth-order valence-electron chi connectivity index (χ4n) is 4.58. The SMILES string of the molecule is C=C1C(=O)N(c2cc(OC)c(OC)c(OC)c2)[C@H]1c1ccc(OC)c(OS(=O)C2C=CC(NC)CC2)c1. The van der Waals surface area contributed by atoms with Crippen LogP contribution in [0.2, 0.25) is 0 Å². The second-order valence-electron chi connectivity index (χ2n) is 8.64. The third kappa shape index (κ3) is 5.03. The molecule has 0 spiro atoms. The van der Waals surface area contributed by atoms with Crippen molar-refractivity contribution in [1.29, 1.82) is 0 Å². The molecule has 1 N–H and O–H groups in total. The van der Waals surface area contributed by atoms with Gasteiger partial charge in [-0.1, -0.05) is 24.8 Å². The molecule has 1 amide bonds. The fourth-order valence-corrected chi connectivity index (χ4v) is 5.55. The second-order valence-corrected chi connectivity index (χ2v) is 9.93. The number of ether oxygens (including phenoxy) is 4. The Morgan fingerprint density at radius 1 is 0.919 bits per heavy atom. The number of likely N-dealkylation sites (N-methyl/N-ethyl adjacent to an activating group) is 1. The number of hydrogen-bond donors (Lipinski definition) is 1. The molecule has 2 aromatic carbocycles. The number of carbonyl (C=O) groups is 1. The highest BCUT2D eigenvalue weighted by atomic mass is 32.2. The lowest BCUT2D eigenvalue weighted by Crippen LogP contribution is -2.48. The van der Waals surface area contributed by atoms with Crippen LogP contribution in [0.5, 0.6) is 28.7 Å². The van der Waals surface area contributed by atoms with E-state index < -0.39 is 17.1 Å². The minimum Gasteiger partial charge on any atom is -0.493 e. The molecule has 1 heterocycles. The minimum absolute atomic E-state index is 0.228. The summed E-state index contributed by atoms with van der Waals surface area (Å²) in [5.74, 6) is 1.83. The van der Waals surface area contributed by atoms with E-state index in [1.807, 2.05) is 25.3 Å². The molecule has 0 bridgehead atoms. The Labute approximate surface area is 219 Å². The molecule has 4 rings (SSSR count). The van der Waals surface area contributed by atoms with Crippen LogP contribution in [0.1, 0.15) is 24.4 Å². The van der Waals surface area contributed by atoms with Crippen LogP contribution in [0.15, 0.2) is 54.6 Å². The Morgan fingerprint density at radius 3 is 2.14 bits per heavy atom. The van der Waals surface area contributed by atoms with Gasteiger partial charge in [-0.2, -0.15) is 0 Å². The maximum atomic E-state index is 13.0. The number of carbonyl (C=O) groups excluding carboxylic acids is 1. The van der Waals surface area contributed by atoms with Gasteiger partial charge in [0.05, 0.1) is 45.4 Å². The first-order valence-electron chi connectivity index (χ1n) is 11.8. The topological polar surface area (TPSA) is 95.6 Å². The maximum absolute atomic E-state index is 13.0. The number of nitrogens with zero attached hydrogens (tertiary/aromatic N) is 1. The predicted molar refractivity (Wildman–Crippen MR) is 142 cm³/mol. The highest BCUT2D eigenvalue weighted by Gasteiger charge is 2.43. The highest BCUT2D eigenvalue weighted by molar-refractivity contribution is 7.81. The molecule has 10 heteroatoms. The van der Waals surface area contributed by atoms with Gasteiger partial charge in [0.1, 0.15) is 0 Å². The van der Waals surface area contributed by atoms with Gasteiger partial charge in [0.2, 0.25) is 16.8 Å². The van der Waals surface area contributed by atoms with Crippen LogP contribution >= 0.6 is 0 Å². The zero-order valence-corrected chi connectivity index (χ0v) is 22.4. The van der Waals surface area contributed by atoms with Crippen molar-refractivity contribution < 1.29 is 32.1 Å². The van der Waals surface area contributed by atoms with Crippen molar-refractivity contribution in [3.63, 3.8) is 0 Å². The van der Waals surface area contributed by atoms with Gasteiger partial charge < -0.3 is 28.4 Å². The lowest BCUT2D eigenvalue weighted by molar-refractivity contribution is -0.119. The molecule has 1 fully saturated rings. The summed E-state index contributed by atoms with van der Waals surface area (Å²) in [7, 11) is 7.98. The summed E-state index contributed by atoms with van der Waals surface area (Å²) >= 11 is -1.61. The molecule has 3 unspecified atom stereocenters. The molecule has 1 saturated heterocycles. The quantitative estimate of drug-likeness (QED) is 0.283. The lowest BCUT2D eigenvalue weighted by Gasteiger charge is -2.42. The smallest absolute Gasteiger partial charge is 0.256 e. The number of methoxy groups -OCH3 is 4. The molecule has 4 atom stereocenters. The van der Waals surface area contributed by atoms with Gasteiger partial charge in [-0.05, 0) is 37.6 Å². The summed E-state index contributed by atoms with van der Waals surface area (Å²) in [6.45, 7) is 3.99. The molecule has 2 aliphatic rings. The number of rotatable bonds is 10. The van der Waals surface area contributed by atoms with E-state index in [2.05, 4.69) is 11.9 Å². The van der Waals surface area contributed by atoms with Crippen LogP contribution in [0.4, 0.5) is 5.69 Å².